The lowest BCUT2D eigenvalue weighted by molar-refractivity contribution is 0.617. The largest absolute Gasteiger partial charge is 0.368 e. The Balaban J connectivity index is 2.05. The molecule has 1 heterocycles. The molecule has 1 aliphatic carbocycles. The van der Waals surface area contributed by atoms with Crippen molar-refractivity contribution in [2.75, 3.05) is 17.7 Å². The molecule has 1 aromatic rings. The summed E-state index contributed by atoms with van der Waals surface area (Å²) in [5.74, 6) is 1.05. The lowest BCUT2D eigenvalue weighted by atomic mass is 10.1. The van der Waals surface area contributed by atoms with Gasteiger partial charge in [-0.2, -0.15) is 0 Å². The van der Waals surface area contributed by atoms with Crippen molar-refractivity contribution in [3.63, 3.8) is 0 Å². The fraction of sp³-hybridized carbons (Fsp3) is 0.556. The molecule has 0 bridgehead atoms. The number of rotatable bonds is 4. The van der Waals surface area contributed by atoms with E-state index in [2.05, 4.69) is 15.3 Å². The summed E-state index contributed by atoms with van der Waals surface area (Å²) < 4.78 is 0. The Morgan fingerprint density at radius 1 is 1.60 bits per heavy atom. The van der Waals surface area contributed by atoms with Gasteiger partial charge >= 0.3 is 0 Å². The normalized spacial score (nSPS) is 17.5. The van der Waals surface area contributed by atoms with E-state index in [0.29, 0.717) is 18.2 Å². The second-order valence-corrected chi connectivity index (χ2v) is 4.53. The highest BCUT2D eigenvalue weighted by molar-refractivity contribution is 6.32. The number of hydrogen-bond acceptors (Lipinski definition) is 3. The molecule has 0 amide bonds. The Labute approximate surface area is 97.0 Å². The zero-order valence-electron chi connectivity index (χ0n) is 8.02. The van der Waals surface area contributed by atoms with Gasteiger partial charge in [-0.05, 0) is 12.8 Å². The standard InChI is InChI=1S/C9H11Cl2N3O/c10-3-9(1-2-9)4-12-7-6(11)8(15)14-5-13-7/h5H,1-4H2,(H2,12,13,14,15). The third kappa shape index (κ3) is 2.26. The van der Waals surface area contributed by atoms with Crippen molar-refractivity contribution in [3.8, 4) is 0 Å². The molecule has 6 heteroatoms. The molecule has 82 valence electrons. The number of hydrogen-bond donors (Lipinski definition) is 2. The van der Waals surface area contributed by atoms with Crippen LogP contribution in [0.4, 0.5) is 5.82 Å². The highest BCUT2D eigenvalue weighted by Crippen LogP contribution is 2.46. The SMILES string of the molecule is O=c1[nH]cnc(NCC2(CCl)CC2)c1Cl. The van der Waals surface area contributed by atoms with Gasteiger partial charge in [0.1, 0.15) is 5.02 Å². The smallest absolute Gasteiger partial charge is 0.271 e. The third-order valence-corrected chi connectivity index (χ3v) is 3.59. The van der Waals surface area contributed by atoms with Crippen molar-refractivity contribution in [3.05, 3.63) is 21.7 Å². The number of H-pyrrole nitrogens is 1. The van der Waals surface area contributed by atoms with Crippen LogP contribution in [0.1, 0.15) is 12.8 Å². The van der Waals surface area contributed by atoms with Gasteiger partial charge in [0.05, 0.1) is 6.33 Å². The van der Waals surface area contributed by atoms with Crippen molar-refractivity contribution in [1.82, 2.24) is 9.97 Å². The molecule has 0 saturated heterocycles. The van der Waals surface area contributed by atoms with Gasteiger partial charge in [0.15, 0.2) is 5.82 Å². The molecule has 2 N–H and O–H groups in total. The van der Waals surface area contributed by atoms with Gasteiger partial charge in [-0.25, -0.2) is 4.98 Å². The van der Waals surface area contributed by atoms with Gasteiger partial charge in [0, 0.05) is 17.8 Å². The molecule has 1 aliphatic rings. The van der Waals surface area contributed by atoms with Gasteiger partial charge in [0.2, 0.25) is 0 Å². The molecule has 0 atom stereocenters. The summed E-state index contributed by atoms with van der Waals surface area (Å²) in [6.45, 7) is 0.715. The van der Waals surface area contributed by atoms with Gasteiger partial charge in [-0.1, -0.05) is 11.6 Å². The van der Waals surface area contributed by atoms with E-state index in [1.807, 2.05) is 0 Å². The molecule has 15 heavy (non-hydrogen) atoms. The van der Waals surface area contributed by atoms with E-state index < -0.39 is 0 Å². The van der Waals surface area contributed by atoms with Crippen molar-refractivity contribution in [2.45, 2.75) is 12.8 Å². The van der Waals surface area contributed by atoms with Crippen LogP contribution in [-0.4, -0.2) is 22.4 Å². The molecule has 0 radical (unpaired) electrons. The predicted octanol–water partition coefficient (Wildman–Crippen LogP) is 1.85. The summed E-state index contributed by atoms with van der Waals surface area (Å²) in [6, 6.07) is 0. The number of anilines is 1. The minimum absolute atomic E-state index is 0.0999. The molecule has 2 rings (SSSR count). The molecular weight excluding hydrogens is 237 g/mol. The quantitative estimate of drug-likeness (QED) is 0.799. The number of aromatic nitrogens is 2. The van der Waals surface area contributed by atoms with E-state index >= 15 is 0 Å². The van der Waals surface area contributed by atoms with Crippen molar-refractivity contribution < 1.29 is 0 Å². The number of alkyl halides is 1. The molecule has 1 saturated carbocycles. The Hall–Kier alpha value is -0.740. The molecule has 4 nitrogen and oxygen atoms in total. The third-order valence-electron chi connectivity index (χ3n) is 2.67. The molecule has 0 aromatic carbocycles. The molecule has 0 spiro atoms. The summed E-state index contributed by atoms with van der Waals surface area (Å²) in [5.41, 5.74) is -0.153. The highest BCUT2D eigenvalue weighted by Gasteiger charge is 2.41. The van der Waals surface area contributed by atoms with Crippen molar-refractivity contribution in [2.24, 2.45) is 5.41 Å². The van der Waals surface area contributed by atoms with Gasteiger partial charge in [-0.3, -0.25) is 4.79 Å². The van der Waals surface area contributed by atoms with Crippen LogP contribution in [0.25, 0.3) is 0 Å². The van der Waals surface area contributed by atoms with Gasteiger partial charge in [-0.15, -0.1) is 11.6 Å². The van der Waals surface area contributed by atoms with E-state index in [1.54, 1.807) is 0 Å². The first-order valence-corrected chi connectivity index (χ1v) is 5.61. The first-order chi connectivity index (χ1) is 7.17. The summed E-state index contributed by atoms with van der Waals surface area (Å²) in [5, 5.41) is 3.16. The van der Waals surface area contributed by atoms with Crippen LogP contribution in [0.15, 0.2) is 11.1 Å². The van der Waals surface area contributed by atoms with Crippen LogP contribution in [0.3, 0.4) is 0 Å². The Morgan fingerprint density at radius 2 is 2.33 bits per heavy atom. The zero-order chi connectivity index (χ0) is 10.9. The molecule has 1 fully saturated rings. The highest BCUT2D eigenvalue weighted by atomic mass is 35.5. The monoisotopic (exact) mass is 247 g/mol. The van der Waals surface area contributed by atoms with Crippen LogP contribution in [-0.2, 0) is 0 Å². The van der Waals surface area contributed by atoms with E-state index in [9.17, 15) is 4.79 Å². The average molecular weight is 248 g/mol. The van der Waals surface area contributed by atoms with Gasteiger partial charge < -0.3 is 10.3 Å². The summed E-state index contributed by atoms with van der Waals surface area (Å²) >= 11 is 11.6. The van der Waals surface area contributed by atoms with Crippen molar-refractivity contribution >= 4 is 29.0 Å². The summed E-state index contributed by atoms with van der Waals surface area (Å²) in [6.07, 6.45) is 3.56. The first-order valence-electron chi connectivity index (χ1n) is 4.70. The maximum absolute atomic E-state index is 11.2. The Morgan fingerprint density at radius 3 is 2.93 bits per heavy atom. The number of aromatic amines is 1. The number of nitrogens with zero attached hydrogens (tertiary/aromatic N) is 1. The average Bonchev–Trinajstić information content (AvgIpc) is 3.01. The fourth-order valence-corrected chi connectivity index (χ4v) is 1.84. The van der Waals surface area contributed by atoms with Crippen LogP contribution in [0.2, 0.25) is 5.02 Å². The predicted molar refractivity (Wildman–Crippen MR) is 60.7 cm³/mol. The lowest BCUT2D eigenvalue weighted by Gasteiger charge is -2.12. The topological polar surface area (TPSA) is 57.8 Å². The number of nitrogens with one attached hydrogen (secondary N) is 2. The molecular formula is C9H11Cl2N3O. The van der Waals surface area contributed by atoms with E-state index in [0.717, 1.165) is 12.8 Å². The fourth-order valence-electron chi connectivity index (χ4n) is 1.31. The van der Waals surface area contributed by atoms with Crippen LogP contribution in [0, 0.1) is 5.41 Å². The maximum Gasteiger partial charge on any atom is 0.271 e. The van der Waals surface area contributed by atoms with Gasteiger partial charge in [0.25, 0.3) is 5.56 Å². The Bertz CT molecular complexity index is 414. The zero-order valence-corrected chi connectivity index (χ0v) is 9.53. The molecule has 0 aliphatic heterocycles. The van der Waals surface area contributed by atoms with E-state index in [1.165, 1.54) is 6.33 Å². The van der Waals surface area contributed by atoms with Crippen LogP contribution < -0.4 is 10.9 Å². The number of halogens is 2. The second-order valence-electron chi connectivity index (χ2n) is 3.88. The second kappa shape index (κ2) is 4.02. The van der Waals surface area contributed by atoms with Crippen molar-refractivity contribution in [1.29, 1.82) is 0 Å². The molecule has 0 unspecified atom stereocenters. The Kier molecular flexibility index (Phi) is 2.89. The van der Waals surface area contributed by atoms with Crippen LogP contribution >= 0.6 is 23.2 Å². The molecule has 1 aromatic heterocycles. The summed E-state index contributed by atoms with van der Waals surface area (Å²) in [7, 11) is 0. The van der Waals surface area contributed by atoms with Crippen LogP contribution in [0.5, 0.6) is 0 Å². The van der Waals surface area contributed by atoms with E-state index in [4.69, 9.17) is 23.2 Å². The maximum atomic E-state index is 11.2. The minimum atomic E-state index is -0.329. The summed E-state index contributed by atoms with van der Waals surface area (Å²) in [4.78, 5) is 17.5. The minimum Gasteiger partial charge on any atom is -0.368 e. The lowest BCUT2D eigenvalue weighted by Crippen LogP contribution is -2.19. The first kappa shape index (κ1) is 10.8. The van der Waals surface area contributed by atoms with E-state index in [-0.39, 0.29) is 16.0 Å².